The van der Waals surface area contributed by atoms with Crippen molar-refractivity contribution >= 4 is 15.7 Å². The summed E-state index contributed by atoms with van der Waals surface area (Å²) in [6, 6.07) is 2.92. The maximum absolute atomic E-state index is 13.8. The molecule has 4 atom stereocenters. The predicted octanol–water partition coefficient (Wildman–Crippen LogP) is 4.07. The van der Waals surface area contributed by atoms with Crippen molar-refractivity contribution in [1.82, 2.24) is 9.80 Å². The fourth-order valence-electron chi connectivity index (χ4n) is 8.42. The molecule has 1 saturated heterocycles. The Kier molecular flexibility index (Phi) is 5.46. The number of carbonyl (C=O) groups is 1. The smallest absolute Gasteiger partial charge is 0.254 e. The van der Waals surface area contributed by atoms with Crippen LogP contribution in [0, 0.1) is 22.7 Å². The molecule has 1 aromatic rings. The summed E-state index contributed by atoms with van der Waals surface area (Å²) >= 11 is 0. The summed E-state index contributed by atoms with van der Waals surface area (Å²) in [5.41, 5.74) is 0.753. The molecule has 1 N–H and O–H groups in total. The summed E-state index contributed by atoms with van der Waals surface area (Å²) in [6.07, 6.45) is 5.24. The van der Waals surface area contributed by atoms with Gasteiger partial charge < -0.3 is 14.9 Å². The molecule has 6 nitrogen and oxygen atoms in total. The normalized spacial score (nSPS) is 36.8. The minimum atomic E-state index is -3.63. The molecule has 0 bridgehead atoms. The Labute approximate surface area is 204 Å². The van der Waals surface area contributed by atoms with Gasteiger partial charge in [0.1, 0.15) is 5.75 Å². The maximum atomic E-state index is 13.8. The lowest BCUT2D eigenvalue weighted by Crippen LogP contribution is -2.60. The number of carbonyl (C=O) groups excluding carboxylic acids is 1. The highest BCUT2D eigenvalue weighted by Crippen LogP contribution is 2.67. The van der Waals surface area contributed by atoms with Crippen molar-refractivity contribution in [1.29, 1.82) is 0 Å². The average Bonchev–Trinajstić information content (AvgIpc) is 2.74. The summed E-state index contributed by atoms with van der Waals surface area (Å²) < 4.78 is 27.5. The Morgan fingerprint density at radius 1 is 1.00 bits per heavy atom. The zero-order chi connectivity index (χ0) is 24.7. The van der Waals surface area contributed by atoms with Crippen LogP contribution in [0.15, 0.2) is 17.0 Å². The molecule has 2 aliphatic carbocycles. The third-order valence-electron chi connectivity index (χ3n) is 10.2. The second-order valence-electron chi connectivity index (χ2n) is 12.7. The number of phenols is 1. The van der Waals surface area contributed by atoms with E-state index in [4.69, 9.17) is 0 Å². The Morgan fingerprint density at radius 3 is 2.35 bits per heavy atom. The first-order valence-corrected chi connectivity index (χ1v) is 14.5. The lowest BCUT2D eigenvalue weighted by molar-refractivity contribution is -0.0982. The summed E-state index contributed by atoms with van der Waals surface area (Å²) in [6.45, 7) is 12.0. The second kappa shape index (κ2) is 7.70. The van der Waals surface area contributed by atoms with Crippen LogP contribution in [0.1, 0.15) is 75.7 Å². The van der Waals surface area contributed by atoms with Crippen molar-refractivity contribution in [3.8, 4) is 5.75 Å². The van der Waals surface area contributed by atoms with Gasteiger partial charge in [0.15, 0.2) is 9.84 Å². The molecule has 188 valence electrons. The molecular weight excluding hydrogens is 448 g/mol. The molecule has 3 fully saturated rings. The van der Waals surface area contributed by atoms with Crippen LogP contribution in [0.3, 0.4) is 0 Å². The van der Waals surface area contributed by atoms with Gasteiger partial charge in [-0.3, -0.25) is 4.79 Å². The first-order chi connectivity index (χ1) is 15.8. The number of likely N-dealkylation sites (N-methyl/N-ethyl adjacent to an activating group) is 1. The molecule has 0 unspecified atom stereocenters. The number of rotatable bonds is 1. The number of aromatic hydroxyl groups is 1. The van der Waals surface area contributed by atoms with Crippen LogP contribution in [0.25, 0.3) is 0 Å². The highest BCUT2D eigenvalue weighted by molar-refractivity contribution is 7.91. The zero-order valence-corrected chi connectivity index (χ0v) is 22.2. The Balaban J connectivity index is 1.67. The standard InChI is InChI=1S/C27H40N2O4S/c1-25(2)8-6-9-26(3)21(25)7-10-27(4)22(26)17-34(32,33)20-16-18(30)15-19(23(20)27)24(31)29-13-11-28(5)12-14-29/h15-16,21-22,30H,6-14,17H2,1-5H3/t21-,22+,26-,27+/m0/s1. The quantitative estimate of drug-likeness (QED) is 0.645. The van der Waals surface area contributed by atoms with Crippen LogP contribution in [-0.2, 0) is 15.3 Å². The molecule has 7 heteroatoms. The van der Waals surface area contributed by atoms with Gasteiger partial charge in [-0.25, -0.2) is 8.42 Å². The number of piperazine rings is 1. The van der Waals surface area contributed by atoms with E-state index in [1.807, 2.05) is 11.9 Å². The zero-order valence-electron chi connectivity index (χ0n) is 21.4. The number of nitrogens with zero attached hydrogens (tertiary/aromatic N) is 2. The largest absolute Gasteiger partial charge is 0.508 e. The van der Waals surface area contributed by atoms with Gasteiger partial charge in [0.25, 0.3) is 5.91 Å². The van der Waals surface area contributed by atoms with E-state index in [1.165, 1.54) is 18.6 Å². The molecule has 2 saturated carbocycles. The number of amides is 1. The van der Waals surface area contributed by atoms with Gasteiger partial charge in [-0.05, 0) is 78.5 Å². The fourth-order valence-corrected chi connectivity index (χ4v) is 10.7. The Morgan fingerprint density at radius 2 is 1.68 bits per heavy atom. The van der Waals surface area contributed by atoms with Crippen LogP contribution in [0.4, 0.5) is 0 Å². The number of fused-ring (bicyclic) bond motifs is 5. The topological polar surface area (TPSA) is 77.9 Å². The number of hydrogen-bond acceptors (Lipinski definition) is 5. The molecule has 1 amide bonds. The second-order valence-corrected chi connectivity index (χ2v) is 14.7. The van der Waals surface area contributed by atoms with Gasteiger partial charge in [0.2, 0.25) is 0 Å². The van der Waals surface area contributed by atoms with E-state index in [0.717, 1.165) is 38.8 Å². The Bertz CT molecular complexity index is 1120. The lowest BCUT2D eigenvalue weighted by Gasteiger charge is -2.64. The van der Waals surface area contributed by atoms with Gasteiger partial charge in [-0.2, -0.15) is 0 Å². The summed E-state index contributed by atoms with van der Waals surface area (Å²) in [7, 11) is -1.59. The minimum Gasteiger partial charge on any atom is -0.508 e. The van der Waals surface area contributed by atoms with Crippen LogP contribution < -0.4 is 0 Å². The van der Waals surface area contributed by atoms with E-state index in [0.29, 0.717) is 30.1 Å². The summed E-state index contributed by atoms with van der Waals surface area (Å²) in [5, 5.41) is 10.5. The predicted molar refractivity (Wildman–Crippen MR) is 133 cm³/mol. The van der Waals surface area contributed by atoms with Crippen LogP contribution in [0.2, 0.25) is 0 Å². The van der Waals surface area contributed by atoms with Crippen LogP contribution in [0.5, 0.6) is 5.75 Å². The lowest BCUT2D eigenvalue weighted by atomic mass is 9.42. The van der Waals surface area contributed by atoms with E-state index < -0.39 is 15.3 Å². The highest BCUT2D eigenvalue weighted by Gasteiger charge is 2.62. The van der Waals surface area contributed by atoms with Gasteiger partial charge in [-0.15, -0.1) is 0 Å². The van der Waals surface area contributed by atoms with E-state index in [9.17, 15) is 18.3 Å². The van der Waals surface area contributed by atoms with Crippen molar-refractivity contribution in [3.05, 3.63) is 23.3 Å². The third kappa shape index (κ3) is 3.44. The fraction of sp³-hybridized carbons (Fsp3) is 0.741. The van der Waals surface area contributed by atoms with Gasteiger partial charge in [0.05, 0.1) is 10.6 Å². The number of hydrogen-bond donors (Lipinski definition) is 1. The van der Waals surface area contributed by atoms with Crippen molar-refractivity contribution in [2.45, 2.75) is 70.1 Å². The number of phenolic OH excluding ortho intramolecular Hbond substituents is 1. The maximum Gasteiger partial charge on any atom is 0.254 e. The molecule has 0 spiro atoms. The summed E-state index contributed by atoms with van der Waals surface area (Å²) in [5.74, 6) is 0.247. The molecule has 34 heavy (non-hydrogen) atoms. The molecule has 0 aromatic heterocycles. The van der Waals surface area contributed by atoms with Crippen molar-refractivity contribution < 1.29 is 18.3 Å². The Hall–Kier alpha value is -1.60. The highest BCUT2D eigenvalue weighted by atomic mass is 32.2. The molecular formula is C27H40N2O4S. The average molecular weight is 489 g/mol. The monoisotopic (exact) mass is 488 g/mol. The van der Waals surface area contributed by atoms with Gasteiger partial charge in [-0.1, -0.05) is 34.1 Å². The first kappa shape index (κ1) is 24.1. The van der Waals surface area contributed by atoms with E-state index >= 15 is 0 Å². The van der Waals surface area contributed by atoms with Gasteiger partial charge in [0, 0.05) is 31.7 Å². The number of benzene rings is 1. The molecule has 5 rings (SSSR count). The van der Waals surface area contributed by atoms with E-state index in [-0.39, 0.29) is 39.1 Å². The first-order valence-electron chi connectivity index (χ1n) is 12.9. The molecule has 1 aromatic carbocycles. The molecule has 2 aliphatic heterocycles. The van der Waals surface area contributed by atoms with E-state index in [1.54, 1.807) is 0 Å². The third-order valence-corrected chi connectivity index (χ3v) is 12.0. The number of sulfone groups is 1. The van der Waals surface area contributed by atoms with Crippen LogP contribution >= 0.6 is 0 Å². The van der Waals surface area contributed by atoms with E-state index in [2.05, 4.69) is 32.6 Å². The van der Waals surface area contributed by atoms with Crippen molar-refractivity contribution in [2.24, 2.45) is 22.7 Å². The minimum absolute atomic E-state index is 0.0422. The molecule has 4 aliphatic rings. The van der Waals surface area contributed by atoms with Crippen LogP contribution in [-0.4, -0.2) is 68.2 Å². The van der Waals surface area contributed by atoms with Crippen molar-refractivity contribution in [3.63, 3.8) is 0 Å². The summed E-state index contributed by atoms with van der Waals surface area (Å²) in [4.78, 5) is 18.0. The molecule has 0 radical (unpaired) electrons. The van der Waals surface area contributed by atoms with Crippen molar-refractivity contribution in [2.75, 3.05) is 39.0 Å². The SMILES string of the molecule is CN1CCN(C(=O)c2cc(O)cc3c2[C@]2(C)CC[C@H]4C(C)(C)CCC[C@]4(C)[C@H]2CS3(=O)=O)CC1. The van der Waals surface area contributed by atoms with Gasteiger partial charge >= 0.3 is 0 Å². The molecule has 2 heterocycles.